The maximum Gasteiger partial charge on any atom is 0.391 e. The number of alkyl halides is 3. The summed E-state index contributed by atoms with van der Waals surface area (Å²) < 4.78 is 92.8. The first-order chi connectivity index (χ1) is 21.3. The van der Waals surface area contributed by atoms with Crippen molar-refractivity contribution in [1.82, 2.24) is 4.90 Å². The SMILES string of the molecule is C=CC[C@H]1O[C@H](c2cccc(Cl)c2)[C@@H](c2ccc(Cl)cc2)N([C@H](CN(c2ccccc2F)S(=O)(=O)C2CC2)CC(F)(F)F)C1=O. The molecule has 2 fully saturated rings. The van der Waals surface area contributed by atoms with E-state index in [1.807, 2.05) is 0 Å². The Bertz CT molecular complexity index is 1650. The van der Waals surface area contributed by atoms with Gasteiger partial charge in [-0.3, -0.25) is 9.10 Å². The lowest BCUT2D eigenvalue weighted by molar-refractivity contribution is -0.189. The van der Waals surface area contributed by atoms with Crippen LogP contribution in [-0.4, -0.2) is 49.3 Å². The van der Waals surface area contributed by atoms with Gasteiger partial charge in [0.1, 0.15) is 18.0 Å². The summed E-state index contributed by atoms with van der Waals surface area (Å²) in [5.74, 6) is -1.71. The Morgan fingerprint density at radius 2 is 1.69 bits per heavy atom. The van der Waals surface area contributed by atoms with E-state index in [4.69, 9.17) is 27.9 Å². The van der Waals surface area contributed by atoms with Crippen LogP contribution in [0, 0.1) is 5.82 Å². The third kappa shape index (κ3) is 7.48. The highest BCUT2D eigenvalue weighted by Gasteiger charge is 2.51. The Balaban J connectivity index is 1.71. The number of anilines is 1. The first-order valence-corrected chi connectivity index (χ1v) is 16.5. The molecule has 5 rings (SSSR count). The molecule has 0 bridgehead atoms. The largest absolute Gasteiger partial charge is 0.391 e. The van der Waals surface area contributed by atoms with Crippen LogP contribution in [0.2, 0.25) is 10.0 Å². The number of para-hydroxylation sites is 1. The van der Waals surface area contributed by atoms with Crippen LogP contribution >= 0.6 is 23.2 Å². The standard InChI is InChI=1S/C32H30Cl2F4N2O4S/c1-2-6-28-31(41)40(29(20-11-13-22(33)14-12-20)30(44-28)21-7-5-8-23(34)17-21)24(18-32(36,37)38)19-39(45(42,43)25-15-16-25)27-10-4-3-9-26(27)35/h2-5,7-14,17,24-25,28-30H,1,6,15-16,18-19H2/t24-,28+,29+,30+/m0/s1. The second-order valence-corrected chi connectivity index (χ2v) is 14.1. The summed E-state index contributed by atoms with van der Waals surface area (Å²) in [5.41, 5.74) is 0.482. The fourth-order valence-electron chi connectivity index (χ4n) is 5.66. The van der Waals surface area contributed by atoms with Crippen LogP contribution in [0.25, 0.3) is 0 Å². The van der Waals surface area contributed by atoms with Gasteiger partial charge in [-0.05, 0) is 60.4 Å². The van der Waals surface area contributed by atoms with E-state index < -0.39 is 76.1 Å². The van der Waals surface area contributed by atoms with E-state index in [1.54, 1.807) is 36.4 Å². The monoisotopic (exact) mass is 684 g/mol. The number of amides is 1. The average Bonchev–Trinajstić information content (AvgIpc) is 3.83. The van der Waals surface area contributed by atoms with Crippen LogP contribution in [0.3, 0.4) is 0 Å². The van der Waals surface area contributed by atoms with Gasteiger partial charge in [0.25, 0.3) is 5.91 Å². The van der Waals surface area contributed by atoms with Gasteiger partial charge in [0, 0.05) is 16.5 Å². The lowest BCUT2D eigenvalue weighted by Crippen LogP contribution is -2.58. The van der Waals surface area contributed by atoms with Gasteiger partial charge in [0.05, 0.1) is 36.0 Å². The topological polar surface area (TPSA) is 66.9 Å². The molecule has 1 saturated heterocycles. The number of morpholine rings is 1. The molecule has 0 radical (unpaired) electrons. The number of nitrogens with zero attached hydrogens (tertiary/aromatic N) is 2. The molecule has 1 aliphatic carbocycles. The van der Waals surface area contributed by atoms with Crippen molar-refractivity contribution in [3.8, 4) is 0 Å². The zero-order chi connectivity index (χ0) is 32.5. The lowest BCUT2D eigenvalue weighted by atomic mass is 9.89. The minimum atomic E-state index is -4.84. The highest BCUT2D eigenvalue weighted by atomic mass is 35.5. The number of rotatable bonds is 11. The van der Waals surface area contributed by atoms with Gasteiger partial charge >= 0.3 is 6.18 Å². The molecule has 0 unspecified atom stereocenters. The van der Waals surface area contributed by atoms with Gasteiger partial charge in [0.15, 0.2) is 0 Å². The number of ether oxygens (including phenoxy) is 1. The number of carbonyl (C=O) groups excluding carboxylic acids is 1. The molecule has 3 aromatic carbocycles. The van der Waals surface area contributed by atoms with E-state index in [0.717, 1.165) is 11.0 Å². The second-order valence-electron chi connectivity index (χ2n) is 11.1. The number of hydrogen-bond acceptors (Lipinski definition) is 4. The third-order valence-electron chi connectivity index (χ3n) is 7.81. The minimum absolute atomic E-state index is 0.0319. The summed E-state index contributed by atoms with van der Waals surface area (Å²) in [6.45, 7) is 2.83. The maximum atomic E-state index is 15.2. The Hall–Kier alpha value is -3.12. The molecular formula is C32H30Cl2F4N2O4S. The molecule has 0 N–H and O–H groups in total. The number of benzene rings is 3. The van der Waals surface area contributed by atoms with E-state index >= 15 is 4.39 Å². The molecule has 3 aromatic rings. The van der Waals surface area contributed by atoms with E-state index in [9.17, 15) is 26.4 Å². The van der Waals surface area contributed by atoms with Crippen LogP contribution < -0.4 is 4.31 Å². The Labute approximate surface area is 269 Å². The molecule has 2 aliphatic rings. The molecule has 6 nitrogen and oxygen atoms in total. The summed E-state index contributed by atoms with van der Waals surface area (Å²) in [6.07, 6.45) is -6.71. The first kappa shape index (κ1) is 33.2. The molecule has 1 saturated carbocycles. The van der Waals surface area contributed by atoms with E-state index in [-0.39, 0.29) is 6.42 Å². The number of carbonyl (C=O) groups is 1. The van der Waals surface area contributed by atoms with Crippen molar-refractivity contribution in [1.29, 1.82) is 0 Å². The first-order valence-electron chi connectivity index (χ1n) is 14.2. The van der Waals surface area contributed by atoms with Gasteiger partial charge in [-0.2, -0.15) is 13.2 Å². The van der Waals surface area contributed by atoms with Gasteiger partial charge < -0.3 is 9.64 Å². The van der Waals surface area contributed by atoms with E-state index in [0.29, 0.717) is 38.3 Å². The molecule has 0 aromatic heterocycles. The number of sulfonamides is 1. The number of halogens is 6. The normalized spacial score (nSPS) is 21.4. The molecule has 1 amide bonds. The Kier molecular flexibility index (Phi) is 9.84. The van der Waals surface area contributed by atoms with Crippen molar-refractivity contribution < 1.29 is 35.5 Å². The quantitative estimate of drug-likeness (QED) is 0.152. The van der Waals surface area contributed by atoms with E-state index in [1.165, 1.54) is 36.4 Å². The third-order valence-corrected chi connectivity index (χ3v) is 10.6. The van der Waals surface area contributed by atoms with Crippen LogP contribution in [0.1, 0.15) is 49.0 Å². The zero-order valence-electron chi connectivity index (χ0n) is 23.8. The minimum Gasteiger partial charge on any atom is -0.358 e. The smallest absolute Gasteiger partial charge is 0.358 e. The Morgan fingerprint density at radius 3 is 2.29 bits per heavy atom. The number of hydrogen-bond donors (Lipinski definition) is 0. The van der Waals surface area contributed by atoms with Gasteiger partial charge in [-0.15, -0.1) is 6.58 Å². The van der Waals surface area contributed by atoms with Gasteiger partial charge in [0.2, 0.25) is 10.0 Å². The fraction of sp³-hybridized carbons (Fsp3) is 0.344. The maximum absolute atomic E-state index is 15.2. The summed E-state index contributed by atoms with van der Waals surface area (Å²) in [4.78, 5) is 15.3. The van der Waals surface area contributed by atoms with Gasteiger partial charge in [-0.1, -0.05) is 65.7 Å². The molecule has 240 valence electrons. The summed E-state index contributed by atoms with van der Waals surface area (Å²) in [7, 11) is -4.29. The molecule has 45 heavy (non-hydrogen) atoms. The van der Waals surface area contributed by atoms with E-state index in [2.05, 4.69) is 6.58 Å². The van der Waals surface area contributed by atoms with Crippen LogP contribution in [0.15, 0.2) is 85.5 Å². The van der Waals surface area contributed by atoms with Crippen molar-refractivity contribution in [2.45, 2.75) is 61.4 Å². The zero-order valence-corrected chi connectivity index (χ0v) is 26.2. The summed E-state index contributed by atoms with van der Waals surface area (Å²) >= 11 is 12.4. The highest BCUT2D eigenvalue weighted by molar-refractivity contribution is 7.93. The summed E-state index contributed by atoms with van der Waals surface area (Å²) in [5, 5.41) is -0.183. The van der Waals surface area contributed by atoms with Crippen LogP contribution in [0.5, 0.6) is 0 Å². The molecule has 4 atom stereocenters. The highest BCUT2D eigenvalue weighted by Crippen LogP contribution is 2.46. The van der Waals surface area contributed by atoms with Crippen LogP contribution in [0.4, 0.5) is 23.2 Å². The fourth-order valence-corrected chi connectivity index (χ4v) is 7.88. The second kappa shape index (κ2) is 13.3. The molecule has 0 spiro atoms. The van der Waals surface area contributed by atoms with Crippen molar-refractivity contribution in [2.24, 2.45) is 0 Å². The van der Waals surface area contributed by atoms with Crippen LogP contribution in [-0.2, 0) is 19.6 Å². The Morgan fingerprint density at radius 1 is 1.00 bits per heavy atom. The molecular weight excluding hydrogens is 655 g/mol. The predicted molar refractivity (Wildman–Crippen MR) is 165 cm³/mol. The van der Waals surface area contributed by atoms with Crippen molar-refractivity contribution in [3.05, 3.63) is 112 Å². The van der Waals surface area contributed by atoms with Crippen molar-refractivity contribution in [3.63, 3.8) is 0 Å². The molecule has 1 heterocycles. The molecule has 1 aliphatic heterocycles. The van der Waals surface area contributed by atoms with Gasteiger partial charge in [-0.25, -0.2) is 12.8 Å². The lowest BCUT2D eigenvalue weighted by Gasteiger charge is -2.49. The van der Waals surface area contributed by atoms with Crippen molar-refractivity contribution >= 4 is 44.8 Å². The molecule has 13 heteroatoms. The summed E-state index contributed by atoms with van der Waals surface area (Å²) in [6, 6.07) is 14.8. The van der Waals surface area contributed by atoms with Crippen molar-refractivity contribution in [2.75, 3.05) is 10.8 Å². The predicted octanol–water partition coefficient (Wildman–Crippen LogP) is 8.04. The average molecular weight is 686 g/mol.